The molecule has 2 aliphatic rings. The van der Waals surface area contributed by atoms with Crippen molar-refractivity contribution in [2.24, 2.45) is 10.9 Å². The van der Waals surface area contributed by atoms with Gasteiger partial charge >= 0.3 is 23.1 Å². The van der Waals surface area contributed by atoms with Gasteiger partial charge in [0.05, 0.1) is 13.1 Å². The first kappa shape index (κ1) is 31.5. The molecule has 0 aliphatic carbocycles. The number of nitrogens with zero attached hydrogens (tertiary/aromatic N) is 5. The second-order valence-electron chi connectivity index (χ2n) is 8.37. The molecule has 2 amide bonds. The maximum absolute atomic E-state index is 13.0. The highest BCUT2D eigenvalue weighted by Gasteiger charge is 2.54. The number of nitrogens with two attached hydrogens (primary N) is 2. The van der Waals surface area contributed by atoms with Crippen molar-refractivity contribution in [1.82, 2.24) is 30.0 Å². The number of hydrogen-bond acceptors (Lipinski definition) is 16. The molecule has 2 aliphatic heterocycles. The van der Waals surface area contributed by atoms with E-state index < -0.39 is 46.3 Å². The molecule has 2 aromatic heterocycles. The predicted octanol–water partition coefficient (Wildman–Crippen LogP) is -2.13. The lowest BCUT2D eigenvalue weighted by Crippen LogP contribution is -2.71. The van der Waals surface area contributed by atoms with E-state index in [1.54, 1.807) is 0 Å². The fraction of sp³-hybridized carbons (Fsp3) is 0.318. The van der Waals surface area contributed by atoms with Crippen LogP contribution in [0.2, 0.25) is 0 Å². The number of H-pyrrole nitrogens is 1. The van der Waals surface area contributed by atoms with Crippen LogP contribution in [0.4, 0.5) is 5.13 Å². The highest BCUT2D eigenvalue weighted by atomic mass is 32.2. The zero-order valence-corrected chi connectivity index (χ0v) is 24.5. The number of fused-ring (bicyclic) bond motifs is 1. The first-order valence-electron chi connectivity index (χ1n) is 12.0. The zero-order valence-electron chi connectivity index (χ0n) is 22.0. The van der Waals surface area contributed by atoms with Gasteiger partial charge in [0.15, 0.2) is 16.0 Å². The molecule has 1 saturated heterocycles. The Kier molecular flexibility index (Phi) is 10.0. The van der Waals surface area contributed by atoms with Crippen LogP contribution in [-0.2, 0) is 35.3 Å². The SMILES string of the molecule is CO/N=C(\C(=O)NC1C(=O)N2C(C(=O)O)=C(/C=C/Sc3n[nH]c(=O)c(=O)n3CCOC(=O)CN)CSC12)c1csc(N)n1. The van der Waals surface area contributed by atoms with Gasteiger partial charge in [-0.3, -0.25) is 33.4 Å². The van der Waals surface area contributed by atoms with E-state index in [0.29, 0.717) is 0 Å². The Hall–Kier alpha value is -4.47. The Bertz CT molecular complexity index is 1660. The number of allylic oxidation sites excluding steroid dienone is 1. The minimum atomic E-state index is -1.37. The van der Waals surface area contributed by atoms with Gasteiger partial charge in [-0.05, 0) is 17.1 Å². The molecule has 21 heteroatoms. The summed E-state index contributed by atoms with van der Waals surface area (Å²) < 4.78 is 5.84. The molecule has 2 atom stereocenters. The average molecular weight is 654 g/mol. The van der Waals surface area contributed by atoms with E-state index in [4.69, 9.17) is 21.0 Å². The molecule has 0 aromatic carbocycles. The molecule has 0 spiro atoms. The molecular formula is C22H23N9O9S3. The molecule has 18 nitrogen and oxygen atoms in total. The summed E-state index contributed by atoms with van der Waals surface area (Å²) in [7, 11) is 1.24. The number of esters is 1. The molecule has 4 rings (SSSR count). The van der Waals surface area contributed by atoms with Crippen LogP contribution in [0.5, 0.6) is 0 Å². The largest absolute Gasteiger partial charge is 0.477 e. The normalized spacial score (nSPS) is 18.3. The van der Waals surface area contributed by atoms with Gasteiger partial charge in [-0.15, -0.1) is 28.2 Å². The minimum Gasteiger partial charge on any atom is -0.477 e. The van der Waals surface area contributed by atoms with Gasteiger partial charge < -0.3 is 31.5 Å². The number of β-lactam (4-membered cyclic amide) rings is 1. The summed E-state index contributed by atoms with van der Waals surface area (Å²) in [5.41, 5.74) is 8.82. The van der Waals surface area contributed by atoms with E-state index in [1.165, 1.54) is 35.7 Å². The number of amides is 2. The number of anilines is 1. The minimum absolute atomic E-state index is 0.0293. The Balaban J connectivity index is 1.49. The van der Waals surface area contributed by atoms with Crippen molar-refractivity contribution < 1.29 is 33.9 Å². The molecule has 4 heterocycles. The number of oxime groups is 1. The molecule has 0 radical (unpaired) electrons. The number of nitrogen functional groups attached to an aromatic ring is 1. The molecule has 2 aromatic rings. The molecule has 0 bridgehead atoms. The van der Waals surface area contributed by atoms with Crippen LogP contribution in [0.15, 0.2) is 48.0 Å². The maximum atomic E-state index is 13.0. The molecule has 43 heavy (non-hydrogen) atoms. The Morgan fingerprint density at radius 3 is 2.77 bits per heavy atom. The summed E-state index contributed by atoms with van der Waals surface area (Å²) in [5.74, 6) is -3.32. The lowest BCUT2D eigenvalue weighted by atomic mass is 10.0. The van der Waals surface area contributed by atoms with Crippen LogP contribution in [-0.4, -0.2) is 96.6 Å². The third-order valence-corrected chi connectivity index (χ3v) is 8.53. The topological polar surface area (TPSA) is 267 Å². The van der Waals surface area contributed by atoms with Crippen LogP contribution in [0.3, 0.4) is 0 Å². The number of aromatic nitrogens is 4. The number of thioether (sulfide) groups is 2. The van der Waals surface area contributed by atoms with Crippen molar-refractivity contribution in [3.05, 3.63) is 54.5 Å². The summed E-state index contributed by atoms with van der Waals surface area (Å²) >= 11 is 3.18. The average Bonchev–Trinajstić information content (AvgIpc) is 3.42. The second kappa shape index (κ2) is 13.7. The molecule has 2 unspecified atom stereocenters. The van der Waals surface area contributed by atoms with Gasteiger partial charge in [-0.2, -0.15) is 0 Å². The predicted molar refractivity (Wildman–Crippen MR) is 154 cm³/mol. The smallest absolute Gasteiger partial charge is 0.352 e. The number of hydrogen-bond donors (Lipinski definition) is 5. The summed E-state index contributed by atoms with van der Waals surface area (Å²) in [6.45, 7) is -0.777. The van der Waals surface area contributed by atoms with E-state index in [-0.39, 0.29) is 58.4 Å². The number of ether oxygens (including phenoxy) is 1. The van der Waals surface area contributed by atoms with E-state index in [2.05, 4.69) is 25.7 Å². The van der Waals surface area contributed by atoms with Crippen molar-refractivity contribution in [2.75, 3.05) is 31.7 Å². The standard InChI is InChI=1S/C22H23N9O9S3/c1-39-29-12(10-8-43-21(24)25-10)15(33)26-13-17(35)31-14(20(37)38)9(7-42-19(13)31)2-5-41-22-28-27-16(34)18(36)30(22)3-4-40-11(32)6-23/h2,5,8,13,19H,3-4,6-7,23H2,1H3,(H2,24,25)(H,26,33)(H,27,34)(H,37,38)/b5-2+,29-12-. The summed E-state index contributed by atoms with van der Waals surface area (Å²) in [6.07, 6.45) is 1.43. The summed E-state index contributed by atoms with van der Waals surface area (Å²) in [4.78, 5) is 83.3. The van der Waals surface area contributed by atoms with E-state index >= 15 is 0 Å². The number of aromatic amines is 1. The Labute approximate surface area is 253 Å². The third-order valence-electron chi connectivity index (χ3n) is 5.76. The first-order chi connectivity index (χ1) is 20.6. The van der Waals surface area contributed by atoms with Crippen molar-refractivity contribution in [3.63, 3.8) is 0 Å². The Morgan fingerprint density at radius 1 is 1.35 bits per heavy atom. The van der Waals surface area contributed by atoms with Crippen molar-refractivity contribution in [2.45, 2.75) is 23.1 Å². The molecule has 1 fully saturated rings. The number of carbonyl (C=O) groups excluding carboxylic acids is 3. The van der Waals surface area contributed by atoms with Gasteiger partial charge in [0.1, 0.15) is 36.5 Å². The monoisotopic (exact) mass is 653 g/mol. The van der Waals surface area contributed by atoms with Crippen LogP contribution >= 0.6 is 34.9 Å². The van der Waals surface area contributed by atoms with Crippen molar-refractivity contribution in [1.29, 1.82) is 0 Å². The lowest BCUT2D eigenvalue weighted by molar-refractivity contribution is -0.150. The maximum Gasteiger partial charge on any atom is 0.352 e. The van der Waals surface area contributed by atoms with Crippen LogP contribution < -0.4 is 27.9 Å². The van der Waals surface area contributed by atoms with E-state index in [1.807, 2.05) is 0 Å². The number of carbonyl (C=O) groups is 4. The summed E-state index contributed by atoms with van der Waals surface area (Å²) in [5, 5.41) is 24.5. The number of nitrogens with one attached hydrogen (secondary N) is 2. The van der Waals surface area contributed by atoms with Crippen molar-refractivity contribution in [3.8, 4) is 0 Å². The number of carboxylic acids is 1. The zero-order chi connectivity index (χ0) is 31.3. The molecule has 0 saturated carbocycles. The number of rotatable bonds is 12. The van der Waals surface area contributed by atoms with Crippen LogP contribution in [0.25, 0.3) is 0 Å². The van der Waals surface area contributed by atoms with E-state index in [0.717, 1.165) is 32.6 Å². The first-order valence-corrected chi connectivity index (χ1v) is 14.8. The highest BCUT2D eigenvalue weighted by Crippen LogP contribution is 2.41. The van der Waals surface area contributed by atoms with Crippen LogP contribution in [0, 0.1) is 0 Å². The summed E-state index contributed by atoms with van der Waals surface area (Å²) in [6, 6.07) is -1.04. The molecule has 228 valence electrons. The Morgan fingerprint density at radius 2 is 2.12 bits per heavy atom. The van der Waals surface area contributed by atoms with Crippen LogP contribution in [0.1, 0.15) is 5.69 Å². The highest BCUT2D eigenvalue weighted by molar-refractivity contribution is 8.02. The fourth-order valence-electron chi connectivity index (χ4n) is 3.86. The van der Waals surface area contributed by atoms with Gasteiger partial charge in [0.2, 0.25) is 0 Å². The van der Waals surface area contributed by atoms with E-state index in [9.17, 15) is 33.9 Å². The number of carboxylic acid groups (broad SMARTS) is 1. The number of aliphatic carboxylic acids is 1. The van der Waals surface area contributed by atoms with Crippen molar-refractivity contribution >= 4 is 69.5 Å². The van der Waals surface area contributed by atoms with Gasteiger partial charge in [0.25, 0.3) is 11.8 Å². The quantitative estimate of drug-likeness (QED) is 0.0409. The van der Waals surface area contributed by atoms with Gasteiger partial charge in [-0.1, -0.05) is 16.9 Å². The molecular weight excluding hydrogens is 630 g/mol. The third kappa shape index (κ3) is 6.79. The van der Waals surface area contributed by atoms with Gasteiger partial charge in [-0.25, -0.2) is 14.9 Å². The fourth-order valence-corrected chi connectivity index (χ4v) is 6.48. The second-order valence-corrected chi connectivity index (χ2v) is 11.2. The van der Waals surface area contributed by atoms with Gasteiger partial charge in [0, 0.05) is 11.1 Å². The lowest BCUT2D eigenvalue weighted by Gasteiger charge is -2.49. The molecule has 7 N–H and O–H groups in total. The number of thiazole rings is 1.